The first-order valence-electron chi connectivity index (χ1n) is 14.6. The van der Waals surface area contributed by atoms with Crippen LogP contribution in [0, 0.1) is 4.91 Å². The minimum atomic E-state index is 0. The van der Waals surface area contributed by atoms with E-state index in [-0.39, 0.29) is 35.5 Å². The number of halogens is 1. The van der Waals surface area contributed by atoms with Crippen LogP contribution in [0.25, 0.3) is 0 Å². The Morgan fingerprint density at radius 1 is 0.902 bits per heavy atom. The van der Waals surface area contributed by atoms with Gasteiger partial charge in [-0.15, -0.1) is 0 Å². The number of carbonyl (C=O) groups is 1. The van der Waals surface area contributed by atoms with Crippen molar-refractivity contribution >= 4 is 34.2 Å². The third-order valence-corrected chi connectivity index (χ3v) is 6.61. The first-order chi connectivity index (χ1) is 19.5. The second kappa shape index (κ2) is 21.4. The van der Waals surface area contributed by atoms with Crippen LogP contribution >= 0.6 is 22.6 Å². The summed E-state index contributed by atoms with van der Waals surface area (Å²) < 4.78 is 12.6. The molecule has 9 heteroatoms. The largest absolute Gasteiger partial charge is 1.00 e. The van der Waals surface area contributed by atoms with Gasteiger partial charge >= 0.3 is 29.6 Å². The van der Waals surface area contributed by atoms with Gasteiger partial charge in [0.2, 0.25) is 5.91 Å². The van der Waals surface area contributed by atoms with Crippen LogP contribution in [0.1, 0.15) is 126 Å². The molecule has 0 unspecified atom stereocenters. The average molecular weight is 687 g/mol. The monoisotopic (exact) mass is 686 g/mol. The molecule has 3 aromatic heterocycles. The molecule has 41 heavy (non-hydrogen) atoms. The van der Waals surface area contributed by atoms with Crippen LogP contribution in [-0.2, 0) is 11.2 Å². The topological polar surface area (TPSA) is 95.9 Å². The van der Waals surface area contributed by atoms with Crippen molar-refractivity contribution in [3.05, 3.63) is 76.2 Å². The SMILES string of the molecule is C1CCOC1.CC(C)c1cncc(C(C)C)c1CC(=O)n1ccnc1.CC(C)c1cncc(C(C)C)c1N.[2H][CH-]I.[Na+]. The minimum absolute atomic E-state index is 0. The van der Waals surface area contributed by atoms with Crippen molar-refractivity contribution in [3.8, 4) is 0 Å². The van der Waals surface area contributed by atoms with Crippen LogP contribution in [0.5, 0.6) is 0 Å². The normalized spacial score (nSPS) is 12.5. The van der Waals surface area contributed by atoms with Crippen molar-refractivity contribution in [3.63, 3.8) is 0 Å². The van der Waals surface area contributed by atoms with Gasteiger partial charge in [0.1, 0.15) is 6.33 Å². The third kappa shape index (κ3) is 13.2. The molecule has 0 aromatic carbocycles. The number of hydrogen-bond donors (Lipinski definition) is 1. The number of nitrogen functional groups attached to an aromatic ring is 1. The third-order valence-electron chi connectivity index (χ3n) is 6.61. The van der Waals surface area contributed by atoms with Gasteiger partial charge in [-0.3, -0.25) is 24.2 Å². The molecule has 0 spiro atoms. The number of imidazole rings is 1. The summed E-state index contributed by atoms with van der Waals surface area (Å²) in [6, 6.07) is 0. The molecule has 3 aromatic rings. The Kier molecular flexibility index (Phi) is 19.7. The molecule has 1 saturated heterocycles. The zero-order valence-electron chi connectivity index (χ0n) is 27.5. The Balaban J connectivity index is 0.000000652. The molecule has 222 valence electrons. The van der Waals surface area contributed by atoms with Crippen LogP contribution in [-0.4, -0.2) is 38.6 Å². The van der Waals surface area contributed by atoms with Gasteiger partial charge < -0.3 is 33.1 Å². The number of nitrogens with zero attached hydrogens (tertiary/aromatic N) is 4. The molecule has 2 N–H and O–H groups in total. The predicted molar refractivity (Wildman–Crippen MR) is 175 cm³/mol. The maximum Gasteiger partial charge on any atom is 1.00 e. The van der Waals surface area contributed by atoms with Crippen LogP contribution < -0.4 is 35.3 Å². The average Bonchev–Trinajstić information content (AvgIpc) is 3.67. The number of carbonyl (C=O) groups excluding carboxylic acids is 1. The van der Waals surface area contributed by atoms with E-state index in [1.54, 1.807) is 18.7 Å². The maximum absolute atomic E-state index is 12.3. The molecule has 1 fully saturated rings. The Morgan fingerprint density at radius 2 is 1.32 bits per heavy atom. The zero-order valence-corrected chi connectivity index (χ0v) is 30.7. The Hall–Kier alpha value is -1.33. The van der Waals surface area contributed by atoms with Gasteiger partial charge in [0.05, 0.1) is 6.42 Å². The van der Waals surface area contributed by atoms with Gasteiger partial charge in [-0.05, 0) is 64.3 Å². The molecule has 1 aliphatic heterocycles. The molecular weight excluding hydrogens is 636 g/mol. The van der Waals surface area contributed by atoms with Gasteiger partial charge in [-0.25, -0.2) is 4.98 Å². The van der Waals surface area contributed by atoms with E-state index in [1.807, 2.05) is 47.4 Å². The molecule has 1 aliphatic rings. The molecule has 0 aliphatic carbocycles. The summed E-state index contributed by atoms with van der Waals surface area (Å²) in [7, 11) is 0. The summed E-state index contributed by atoms with van der Waals surface area (Å²) in [5.74, 6) is 1.65. The van der Waals surface area contributed by atoms with Gasteiger partial charge in [-0.2, -0.15) is 1.37 Å². The molecular formula is C32H49IN5NaO2. The van der Waals surface area contributed by atoms with Crippen molar-refractivity contribution in [1.29, 1.82) is 0 Å². The number of aromatic nitrogens is 4. The number of pyridine rings is 2. The van der Waals surface area contributed by atoms with Crippen molar-refractivity contribution in [2.45, 2.75) is 98.3 Å². The van der Waals surface area contributed by atoms with Gasteiger partial charge in [0, 0.05) is 56.1 Å². The molecule has 0 saturated carbocycles. The van der Waals surface area contributed by atoms with Crippen molar-refractivity contribution in [1.82, 2.24) is 19.5 Å². The molecule has 0 atom stereocenters. The van der Waals surface area contributed by atoms with E-state index >= 15 is 0 Å². The van der Waals surface area contributed by atoms with Crippen LogP contribution in [0.15, 0.2) is 43.5 Å². The molecule has 0 radical (unpaired) electrons. The van der Waals surface area contributed by atoms with Crippen molar-refractivity contribution < 1.29 is 40.5 Å². The van der Waals surface area contributed by atoms with E-state index in [4.69, 9.17) is 11.8 Å². The quantitative estimate of drug-likeness (QED) is 0.214. The van der Waals surface area contributed by atoms with Gasteiger partial charge in [-0.1, -0.05) is 55.4 Å². The van der Waals surface area contributed by atoms with E-state index in [0.717, 1.165) is 46.7 Å². The number of hydrogen-bond acceptors (Lipinski definition) is 6. The zero-order chi connectivity index (χ0) is 30.9. The fourth-order valence-corrected chi connectivity index (χ4v) is 4.30. The van der Waals surface area contributed by atoms with Crippen molar-refractivity contribution in [2.75, 3.05) is 18.9 Å². The Labute approximate surface area is 285 Å². The maximum atomic E-state index is 12.3. The van der Waals surface area contributed by atoms with Gasteiger partial charge in [0.25, 0.3) is 0 Å². The second-order valence-corrected chi connectivity index (χ2v) is 11.0. The van der Waals surface area contributed by atoms with E-state index in [2.05, 4.69) is 70.3 Å². The minimum Gasteiger partial charge on any atom is -0.398 e. The van der Waals surface area contributed by atoms with E-state index in [9.17, 15) is 4.79 Å². The summed E-state index contributed by atoms with van der Waals surface area (Å²) in [6.45, 7) is 19.1. The summed E-state index contributed by atoms with van der Waals surface area (Å²) in [5.41, 5.74) is 12.7. The molecule has 4 rings (SSSR count). The number of ether oxygens (including phenoxy) is 1. The van der Waals surface area contributed by atoms with E-state index < -0.39 is 0 Å². The van der Waals surface area contributed by atoms with Crippen LogP contribution in [0.3, 0.4) is 0 Å². The fourth-order valence-electron chi connectivity index (χ4n) is 4.30. The number of nitrogens with two attached hydrogens (primary N) is 1. The smallest absolute Gasteiger partial charge is 0.398 e. The molecule has 4 heterocycles. The Bertz CT molecular complexity index is 1090. The molecule has 7 nitrogen and oxygen atoms in total. The van der Waals surface area contributed by atoms with Crippen molar-refractivity contribution in [2.24, 2.45) is 0 Å². The van der Waals surface area contributed by atoms with E-state index in [1.165, 1.54) is 22.3 Å². The summed E-state index contributed by atoms with van der Waals surface area (Å²) >= 11 is 1.83. The first-order valence-corrected chi connectivity index (χ1v) is 15.3. The predicted octanol–water partition coefficient (Wildman–Crippen LogP) is 5.33. The summed E-state index contributed by atoms with van der Waals surface area (Å²) in [4.78, 5) is 26.0. The first kappa shape index (κ1) is 37.7. The van der Waals surface area contributed by atoms with Crippen LogP contribution in [0.2, 0.25) is 0 Å². The van der Waals surface area contributed by atoms with E-state index in [0.29, 0.717) is 30.1 Å². The second-order valence-electron chi connectivity index (χ2n) is 11.0. The summed E-state index contributed by atoms with van der Waals surface area (Å²) in [5, 5.41) is 0. The molecule has 0 bridgehead atoms. The van der Waals surface area contributed by atoms with Gasteiger partial charge in [0.15, 0.2) is 0 Å². The fraction of sp³-hybridized carbons (Fsp3) is 0.531. The Morgan fingerprint density at radius 3 is 1.63 bits per heavy atom. The molecule has 0 amide bonds. The van der Waals surface area contributed by atoms with Crippen LogP contribution in [0.4, 0.5) is 5.69 Å². The standard InChI is InChI=1S/C16H21N3O.C11H18N2.C4H8O.CH2I.Na/c1-11(2)14-8-18-9-15(12(3)4)13(14)7-16(20)19-6-5-17-10-19;1-7(2)9-5-13-6-10(8(3)4)11(9)12;1-2-4-5-3-1;1-2;/h5-6,8-12H,7H2,1-4H3;5-8H,1-4H3,(H2,12,13);1-4H2;1H2;/q;;;-1;+1/i;;;1D;. The number of anilines is 1. The number of rotatable bonds is 6. The summed E-state index contributed by atoms with van der Waals surface area (Å²) in [6.07, 6.45) is 15.3.